The van der Waals surface area contributed by atoms with Crippen LogP contribution in [0.3, 0.4) is 0 Å². The summed E-state index contributed by atoms with van der Waals surface area (Å²) < 4.78 is 0. The second-order valence-corrected chi connectivity index (χ2v) is 4.99. The summed E-state index contributed by atoms with van der Waals surface area (Å²) >= 11 is 0. The molecule has 6 nitrogen and oxygen atoms in total. The fourth-order valence-electron chi connectivity index (χ4n) is 2.61. The van der Waals surface area contributed by atoms with Gasteiger partial charge in [0, 0.05) is 12.6 Å². The van der Waals surface area contributed by atoms with Crippen LogP contribution in [-0.4, -0.2) is 48.6 Å². The van der Waals surface area contributed by atoms with E-state index in [-0.39, 0.29) is 11.9 Å². The smallest absolute Gasteiger partial charge is 0.321 e. The molecule has 1 heterocycles. The van der Waals surface area contributed by atoms with Crippen molar-refractivity contribution in [2.24, 2.45) is 5.73 Å². The fourth-order valence-corrected chi connectivity index (χ4v) is 2.61. The van der Waals surface area contributed by atoms with Crippen molar-refractivity contribution >= 4 is 11.9 Å². The highest BCUT2D eigenvalue weighted by Crippen LogP contribution is 2.21. The molecule has 0 aromatic rings. The zero-order valence-corrected chi connectivity index (χ0v) is 11.9. The molecule has 2 atom stereocenters. The summed E-state index contributed by atoms with van der Waals surface area (Å²) in [6.45, 7) is 5.70. The van der Waals surface area contributed by atoms with E-state index in [2.05, 4.69) is 15.5 Å². The van der Waals surface area contributed by atoms with E-state index in [9.17, 15) is 9.59 Å². The second kappa shape index (κ2) is 8.12. The Bertz CT molecular complexity index is 307. The number of likely N-dealkylation sites (tertiary alicyclic amines) is 1. The van der Waals surface area contributed by atoms with E-state index in [1.807, 2.05) is 13.8 Å². The van der Waals surface area contributed by atoms with Crippen LogP contribution in [0.25, 0.3) is 0 Å². The molecule has 110 valence electrons. The average molecular weight is 270 g/mol. The third-order valence-corrected chi connectivity index (χ3v) is 3.62. The quantitative estimate of drug-likeness (QED) is 0.676. The van der Waals surface area contributed by atoms with E-state index in [0.29, 0.717) is 19.1 Å². The Balaban J connectivity index is 2.55. The van der Waals surface area contributed by atoms with Crippen LogP contribution in [0.2, 0.25) is 0 Å². The highest BCUT2D eigenvalue weighted by Gasteiger charge is 2.30. The predicted molar refractivity (Wildman–Crippen MR) is 74.7 cm³/mol. The van der Waals surface area contributed by atoms with Gasteiger partial charge in [0.2, 0.25) is 5.91 Å². The number of carbonyl (C=O) groups excluding carboxylic acids is 2. The van der Waals surface area contributed by atoms with Gasteiger partial charge in [-0.15, -0.1) is 0 Å². The van der Waals surface area contributed by atoms with Gasteiger partial charge in [0.25, 0.3) is 0 Å². The van der Waals surface area contributed by atoms with Crippen molar-refractivity contribution in [2.75, 3.05) is 19.6 Å². The molecule has 3 amide bonds. The molecule has 1 aliphatic rings. The molecule has 0 saturated carbocycles. The zero-order valence-electron chi connectivity index (χ0n) is 11.9. The first-order valence-corrected chi connectivity index (χ1v) is 7.14. The average Bonchev–Trinajstić information content (AvgIpc) is 2.39. The molecule has 0 aromatic heterocycles. The molecule has 1 aliphatic heterocycles. The Morgan fingerprint density at radius 1 is 1.42 bits per heavy atom. The minimum Gasteiger partial charge on any atom is -0.338 e. The molecule has 0 aliphatic carbocycles. The Labute approximate surface area is 115 Å². The topological polar surface area (TPSA) is 87.5 Å². The van der Waals surface area contributed by atoms with Gasteiger partial charge in [-0.1, -0.05) is 6.42 Å². The van der Waals surface area contributed by atoms with E-state index < -0.39 is 6.03 Å². The normalized spacial score (nSPS) is 21.7. The third-order valence-electron chi connectivity index (χ3n) is 3.62. The zero-order chi connectivity index (χ0) is 14.3. The van der Waals surface area contributed by atoms with Gasteiger partial charge >= 0.3 is 6.03 Å². The van der Waals surface area contributed by atoms with Crippen LogP contribution in [0.1, 0.15) is 39.5 Å². The number of amides is 3. The van der Waals surface area contributed by atoms with Gasteiger partial charge in [-0.25, -0.2) is 4.79 Å². The van der Waals surface area contributed by atoms with Crippen molar-refractivity contribution in [3.05, 3.63) is 0 Å². The Kier molecular flexibility index (Phi) is 6.80. The monoisotopic (exact) mass is 270 g/mol. The highest BCUT2D eigenvalue weighted by atomic mass is 16.2. The van der Waals surface area contributed by atoms with Crippen molar-refractivity contribution in [3.8, 4) is 0 Å². The van der Waals surface area contributed by atoms with Crippen LogP contribution < -0.4 is 16.4 Å². The number of piperidine rings is 1. The summed E-state index contributed by atoms with van der Waals surface area (Å²) in [5.41, 5.74) is 5.63. The van der Waals surface area contributed by atoms with Crippen LogP contribution in [-0.2, 0) is 4.79 Å². The van der Waals surface area contributed by atoms with Gasteiger partial charge in [-0.3, -0.25) is 15.0 Å². The highest BCUT2D eigenvalue weighted by molar-refractivity contribution is 5.96. The van der Waals surface area contributed by atoms with Gasteiger partial charge < -0.3 is 11.1 Å². The van der Waals surface area contributed by atoms with E-state index in [1.165, 1.54) is 6.42 Å². The predicted octanol–water partition coefficient (Wildman–Crippen LogP) is 0.424. The maximum atomic E-state index is 12.0. The lowest BCUT2D eigenvalue weighted by Crippen LogP contribution is -2.54. The number of urea groups is 1. The van der Waals surface area contributed by atoms with Crippen molar-refractivity contribution in [3.63, 3.8) is 0 Å². The van der Waals surface area contributed by atoms with Crippen molar-refractivity contribution in [2.45, 2.75) is 51.6 Å². The van der Waals surface area contributed by atoms with Crippen molar-refractivity contribution < 1.29 is 9.59 Å². The molecular weight excluding hydrogens is 244 g/mol. The second-order valence-electron chi connectivity index (χ2n) is 4.99. The van der Waals surface area contributed by atoms with Crippen LogP contribution in [0.5, 0.6) is 0 Å². The van der Waals surface area contributed by atoms with E-state index in [4.69, 9.17) is 5.73 Å². The molecule has 0 spiro atoms. The SMILES string of the molecule is CCNC(=O)NC(=O)C(C)N1CCCCC1CCN. The number of hydrogen-bond acceptors (Lipinski definition) is 4. The number of rotatable bonds is 5. The molecule has 0 radical (unpaired) electrons. The maximum absolute atomic E-state index is 12.0. The van der Waals surface area contributed by atoms with E-state index in [1.54, 1.807) is 0 Å². The van der Waals surface area contributed by atoms with Gasteiger partial charge in [0.15, 0.2) is 0 Å². The largest absolute Gasteiger partial charge is 0.338 e. The summed E-state index contributed by atoms with van der Waals surface area (Å²) in [5.74, 6) is -0.241. The number of nitrogens with one attached hydrogen (secondary N) is 2. The lowest BCUT2D eigenvalue weighted by atomic mass is 9.97. The molecule has 1 rings (SSSR count). The van der Waals surface area contributed by atoms with Crippen LogP contribution in [0.15, 0.2) is 0 Å². The van der Waals surface area contributed by atoms with Crippen LogP contribution in [0.4, 0.5) is 4.79 Å². The van der Waals surface area contributed by atoms with Gasteiger partial charge in [0.05, 0.1) is 6.04 Å². The number of carbonyl (C=O) groups is 2. The van der Waals surface area contributed by atoms with Crippen molar-refractivity contribution in [1.29, 1.82) is 0 Å². The maximum Gasteiger partial charge on any atom is 0.321 e. The first-order chi connectivity index (χ1) is 9.10. The molecule has 19 heavy (non-hydrogen) atoms. The molecule has 1 fully saturated rings. The standard InChI is InChI=1S/C13H26N4O2/c1-3-15-13(19)16-12(18)10(2)17-9-5-4-6-11(17)7-8-14/h10-11H,3-9,14H2,1-2H3,(H2,15,16,18,19). The molecule has 0 aromatic carbocycles. The number of nitrogens with zero attached hydrogens (tertiary/aromatic N) is 1. The lowest BCUT2D eigenvalue weighted by Gasteiger charge is -2.39. The first kappa shape index (κ1) is 15.9. The van der Waals surface area contributed by atoms with Crippen LogP contribution >= 0.6 is 0 Å². The van der Waals surface area contributed by atoms with Gasteiger partial charge in [-0.2, -0.15) is 0 Å². The molecular formula is C13H26N4O2. The minimum absolute atomic E-state index is 0.241. The molecule has 2 unspecified atom stereocenters. The molecule has 6 heteroatoms. The minimum atomic E-state index is -0.424. The summed E-state index contributed by atoms with van der Waals surface area (Å²) in [4.78, 5) is 25.6. The summed E-state index contributed by atoms with van der Waals surface area (Å²) in [6.07, 6.45) is 4.26. The molecule has 1 saturated heterocycles. The summed E-state index contributed by atoms with van der Waals surface area (Å²) in [7, 11) is 0. The Hall–Kier alpha value is -1.14. The Morgan fingerprint density at radius 2 is 2.16 bits per heavy atom. The van der Waals surface area contributed by atoms with Gasteiger partial charge in [-0.05, 0) is 46.2 Å². The molecule has 0 bridgehead atoms. The van der Waals surface area contributed by atoms with E-state index >= 15 is 0 Å². The summed E-state index contributed by atoms with van der Waals surface area (Å²) in [5, 5.41) is 4.94. The van der Waals surface area contributed by atoms with E-state index in [0.717, 1.165) is 25.8 Å². The third kappa shape index (κ3) is 4.80. The number of nitrogens with two attached hydrogens (primary N) is 1. The fraction of sp³-hybridized carbons (Fsp3) is 0.846. The first-order valence-electron chi connectivity index (χ1n) is 7.14. The van der Waals surface area contributed by atoms with Crippen molar-refractivity contribution in [1.82, 2.24) is 15.5 Å². The van der Waals surface area contributed by atoms with Gasteiger partial charge in [0.1, 0.15) is 0 Å². The Morgan fingerprint density at radius 3 is 2.79 bits per heavy atom. The molecule has 4 N–H and O–H groups in total. The summed E-state index contributed by atoms with van der Waals surface area (Å²) in [6, 6.07) is -0.361. The van der Waals surface area contributed by atoms with Crippen LogP contribution in [0, 0.1) is 0 Å². The number of imide groups is 1. The lowest BCUT2D eigenvalue weighted by molar-refractivity contribution is -0.126. The number of hydrogen-bond donors (Lipinski definition) is 3.